The van der Waals surface area contributed by atoms with Gasteiger partial charge in [0.1, 0.15) is 9.88 Å². The summed E-state index contributed by atoms with van der Waals surface area (Å²) in [5, 5.41) is 2.82. The highest BCUT2D eigenvalue weighted by atomic mass is 35.5. The molecule has 0 aliphatic heterocycles. The topological polar surface area (TPSA) is 68.0 Å². The number of halogens is 4. The van der Waals surface area contributed by atoms with Crippen molar-refractivity contribution in [1.29, 1.82) is 0 Å². The minimum absolute atomic E-state index is 0. The van der Waals surface area contributed by atoms with E-state index in [1.807, 2.05) is 0 Å². The number of nitrogens with zero attached hydrogens (tertiary/aromatic N) is 1. The molecule has 0 radical (unpaired) electrons. The Morgan fingerprint density at radius 2 is 2.14 bits per heavy atom. The van der Waals surface area contributed by atoms with Crippen molar-refractivity contribution in [1.82, 2.24) is 10.3 Å². The van der Waals surface area contributed by atoms with Crippen molar-refractivity contribution in [3.63, 3.8) is 0 Å². The van der Waals surface area contributed by atoms with Crippen molar-refractivity contribution >= 4 is 52.6 Å². The number of amides is 1. The first-order chi connectivity index (χ1) is 9.82. The number of carbonyl (C=O) groups excluding carboxylic acids is 1. The fourth-order valence-corrected chi connectivity index (χ4v) is 3.58. The van der Waals surface area contributed by atoms with Crippen LogP contribution in [-0.4, -0.2) is 29.9 Å². The second kappa shape index (κ2) is 7.65. The summed E-state index contributed by atoms with van der Waals surface area (Å²) in [6.07, 6.45) is 0. The highest BCUT2D eigenvalue weighted by Gasteiger charge is 2.28. The van der Waals surface area contributed by atoms with Crippen LogP contribution in [0.25, 0.3) is 9.88 Å². The SMILES string of the molecule is Cc1nc(-c2ccc(Cl)s2)sc1C(=O)NCC(F)(F)CN.Cl. The Balaban J connectivity index is 0.00000242. The Kier molecular flexibility index (Phi) is 6.69. The summed E-state index contributed by atoms with van der Waals surface area (Å²) in [6, 6.07) is 3.54. The molecule has 122 valence electrons. The van der Waals surface area contributed by atoms with Crippen molar-refractivity contribution in [2.45, 2.75) is 12.8 Å². The molecule has 2 rings (SSSR count). The highest BCUT2D eigenvalue weighted by molar-refractivity contribution is 7.24. The summed E-state index contributed by atoms with van der Waals surface area (Å²) in [5.41, 5.74) is 5.41. The summed E-state index contributed by atoms with van der Waals surface area (Å²) < 4.78 is 26.7. The van der Waals surface area contributed by atoms with E-state index in [4.69, 9.17) is 17.3 Å². The van der Waals surface area contributed by atoms with Crippen LogP contribution in [0.2, 0.25) is 4.34 Å². The quantitative estimate of drug-likeness (QED) is 0.823. The third-order valence-corrected chi connectivity index (χ3v) is 5.15. The van der Waals surface area contributed by atoms with Crippen molar-refractivity contribution in [3.05, 3.63) is 27.0 Å². The fourth-order valence-electron chi connectivity index (χ4n) is 1.50. The maximum absolute atomic E-state index is 13.0. The van der Waals surface area contributed by atoms with E-state index in [1.54, 1.807) is 19.1 Å². The van der Waals surface area contributed by atoms with Crippen molar-refractivity contribution in [2.24, 2.45) is 5.73 Å². The van der Waals surface area contributed by atoms with Crippen LogP contribution in [-0.2, 0) is 0 Å². The molecule has 0 aliphatic carbocycles. The van der Waals surface area contributed by atoms with E-state index in [2.05, 4.69) is 10.3 Å². The molecule has 0 saturated carbocycles. The first kappa shape index (κ1) is 19.2. The monoisotopic (exact) mass is 387 g/mol. The van der Waals surface area contributed by atoms with E-state index in [0.29, 0.717) is 19.9 Å². The lowest BCUT2D eigenvalue weighted by Crippen LogP contribution is -2.41. The van der Waals surface area contributed by atoms with Gasteiger partial charge in [0.2, 0.25) is 0 Å². The van der Waals surface area contributed by atoms with Gasteiger partial charge in [0.15, 0.2) is 0 Å². The number of nitrogens with two attached hydrogens (primary N) is 1. The first-order valence-corrected chi connectivity index (χ1v) is 7.93. The summed E-state index contributed by atoms with van der Waals surface area (Å²) in [5.74, 6) is -3.69. The second-order valence-electron chi connectivity index (χ2n) is 4.28. The zero-order valence-electron chi connectivity index (χ0n) is 11.4. The minimum Gasteiger partial charge on any atom is -0.345 e. The predicted molar refractivity (Wildman–Crippen MR) is 88.8 cm³/mol. The van der Waals surface area contributed by atoms with Gasteiger partial charge in [-0.3, -0.25) is 4.79 Å². The second-order valence-corrected chi connectivity index (χ2v) is 6.99. The molecule has 22 heavy (non-hydrogen) atoms. The number of hydrogen-bond donors (Lipinski definition) is 2. The number of nitrogens with one attached hydrogen (secondary N) is 1. The van der Waals surface area contributed by atoms with Gasteiger partial charge in [-0.1, -0.05) is 11.6 Å². The summed E-state index contributed by atoms with van der Waals surface area (Å²) >= 11 is 8.34. The van der Waals surface area contributed by atoms with E-state index in [1.165, 1.54) is 11.3 Å². The minimum atomic E-state index is -3.11. The third kappa shape index (κ3) is 4.60. The molecule has 0 fully saturated rings. The maximum Gasteiger partial charge on any atom is 0.277 e. The Morgan fingerprint density at radius 1 is 1.45 bits per heavy atom. The average molecular weight is 388 g/mol. The highest BCUT2D eigenvalue weighted by Crippen LogP contribution is 2.34. The van der Waals surface area contributed by atoms with Crippen molar-refractivity contribution in [2.75, 3.05) is 13.1 Å². The van der Waals surface area contributed by atoms with Crippen LogP contribution in [0.5, 0.6) is 0 Å². The molecule has 0 atom stereocenters. The van der Waals surface area contributed by atoms with Gasteiger partial charge in [0.25, 0.3) is 11.8 Å². The van der Waals surface area contributed by atoms with E-state index >= 15 is 0 Å². The largest absolute Gasteiger partial charge is 0.345 e. The normalized spacial score (nSPS) is 11.1. The Hall–Kier alpha value is -0.800. The van der Waals surface area contributed by atoms with E-state index in [0.717, 1.165) is 16.2 Å². The van der Waals surface area contributed by atoms with Gasteiger partial charge in [-0.2, -0.15) is 0 Å². The van der Waals surface area contributed by atoms with Crippen LogP contribution in [0.15, 0.2) is 12.1 Å². The van der Waals surface area contributed by atoms with Crippen molar-refractivity contribution in [3.8, 4) is 9.88 Å². The molecule has 0 saturated heterocycles. The third-order valence-electron chi connectivity index (χ3n) is 2.59. The lowest BCUT2D eigenvalue weighted by molar-refractivity contribution is 0.0119. The Bertz CT molecular complexity index is 661. The number of rotatable bonds is 5. The molecule has 0 bridgehead atoms. The molecule has 2 aromatic heterocycles. The van der Waals surface area contributed by atoms with Gasteiger partial charge < -0.3 is 11.1 Å². The zero-order valence-corrected chi connectivity index (χ0v) is 14.6. The average Bonchev–Trinajstić information content (AvgIpc) is 3.02. The van der Waals surface area contributed by atoms with Gasteiger partial charge in [0.05, 0.1) is 28.0 Å². The van der Waals surface area contributed by atoms with Crippen LogP contribution in [0.4, 0.5) is 8.78 Å². The van der Waals surface area contributed by atoms with Crippen LogP contribution in [0, 0.1) is 6.92 Å². The molecular weight excluding hydrogens is 375 g/mol. The fraction of sp³-hybridized carbons (Fsp3) is 0.333. The summed E-state index contributed by atoms with van der Waals surface area (Å²) in [6.45, 7) is 0.0545. The number of thiophene rings is 1. The molecule has 1 amide bonds. The van der Waals surface area contributed by atoms with E-state index in [-0.39, 0.29) is 12.4 Å². The molecule has 2 aromatic rings. The predicted octanol–water partition coefficient (Wildman–Crippen LogP) is 3.58. The van der Waals surface area contributed by atoms with Crippen molar-refractivity contribution < 1.29 is 13.6 Å². The molecule has 0 aromatic carbocycles. The lowest BCUT2D eigenvalue weighted by Gasteiger charge is -2.13. The zero-order chi connectivity index (χ0) is 15.6. The van der Waals surface area contributed by atoms with Crippen LogP contribution >= 0.6 is 46.7 Å². The molecule has 10 heteroatoms. The van der Waals surface area contributed by atoms with Crippen LogP contribution in [0.3, 0.4) is 0 Å². The standard InChI is InChI=1S/C12H12ClF2N3OS2.ClH/c1-6-9(10(19)17-5-12(14,15)4-16)21-11(18-6)7-2-3-8(13)20-7;/h2-3H,4-5,16H2,1H3,(H,17,19);1H. The number of carbonyl (C=O) groups is 1. The molecule has 0 aliphatic rings. The van der Waals surface area contributed by atoms with Crippen LogP contribution in [0.1, 0.15) is 15.4 Å². The molecular formula is C12H13Cl2F2N3OS2. The Labute approximate surface area is 145 Å². The van der Waals surface area contributed by atoms with Gasteiger partial charge >= 0.3 is 0 Å². The molecule has 0 spiro atoms. The van der Waals surface area contributed by atoms with Gasteiger partial charge in [-0.15, -0.1) is 35.1 Å². The first-order valence-electron chi connectivity index (χ1n) is 5.91. The summed E-state index contributed by atoms with van der Waals surface area (Å²) in [7, 11) is 0. The van der Waals surface area contributed by atoms with E-state index in [9.17, 15) is 13.6 Å². The number of thiazole rings is 1. The number of aromatic nitrogens is 1. The smallest absolute Gasteiger partial charge is 0.277 e. The lowest BCUT2D eigenvalue weighted by atomic mass is 10.3. The number of hydrogen-bond acceptors (Lipinski definition) is 5. The molecule has 2 heterocycles. The van der Waals surface area contributed by atoms with Gasteiger partial charge in [0, 0.05) is 0 Å². The number of alkyl halides is 2. The van der Waals surface area contributed by atoms with Crippen LogP contribution < -0.4 is 11.1 Å². The Morgan fingerprint density at radius 3 is 2.68 bits per heavy atom. The van der Waals surface area contributed by atoms with Gasteiger partial charge in [-0.05, 0) is 19.1 Å². The van der Waals surface area contributed by atoms with Gasteiger partial charge in [-0.25, -0.2) is 13.8 Å². The summed E-state index contributed by atoms with van der Waals surface area (Å²) in [4.78, 5) is 17.4. The molecule has 0 unspecified atom stereocenters. The maximum atomic E-state index is 13.0. The van der Waals surface area contributed by atoms with E-state index < -0.39 is 24.9 Å². The number of aryl methyl sites for hydroxylation is 1. The molecule has 3 N–H and O–H groups in total. The molecule has 4 nitrogen and oxygen atoms in total.